The molecule has 0 heterocycles. The van der Waals surface area contributed by atoms with E-state index in [4.69, 9.17) is 9.84 Å². The minimum Gasteiger partial charge on any atom is -0.484 e. The Morgan fingerprint density at radius 2 is 1.95 bits per heavy atom. The summed E-state index contributed by atoms with van der Waals surface area (Å²) in [5.41, 5.74) is 0. The summed E-state index contributed by atoms with van der Waals surface area (Å²) in [6, 6.07) is 4.28. The molecule has 0 bridgehead atoms. The number of ether oxygens (including phenoxy) is 1. The summed E-state index contributed by atoms with van der Waals surface area (Å²) in [6.45, 7) is 3.29. The number of rotatable bonds is 7. The van der Waals surface area contributed by atoms with E-state index in [-0.39, 0.29) is 12.5 Å². The van der Waals surface area contributed by atoms with Crippen LogP contribution in [-0.2, 0) is 9.59 Å². The van der Waals surface area contributed by atoms with Gasteiger partial charge >= 0.3 is 5.97 Å². The van der Waals surface area contributed by atoms with Gasteiger partial charge < -0.3 is 15.2 Å². The zero-order valence-electron chi connectivity index (χ0n) is 11.4. The van der Waals surface area contributed by atoms with Crippen molar-refractivity contribution in [1.29, 1.82) is 0 Å². The van der Waals surface area contributed by atoms with Crippen molar-refractivity contribution < 1.29 is 23.8 Å². The molecule has 2 unspecified atom stereocenters. The van der Waals surface area contributed by atoms with Crippen LogP contribution in [0.25, 0.3) is 0 Å². The molecule has 0 aliphatic heterocycles. The Balaban J connectivity index is 2.49. The number of carbonyl (C=O) groups is 2. The molecule has 2 N–H and O–H groups in total. The largest absolute Gasteiger partial charge is 0.484 e. The SMILES string of the molecule is CCC(C)C(NC(=O)COc1ccc(F)cc1)C(=O)O. The lowest BCUT2D eigenvalue weighted by Crippen LogP contribution is -2.46. The molecular weight excluding hydrogens is 265 g/mol. The number of nitrogens with one attached hydrogen (secondary N) is 1. The van der Waals surface area contributed by atoms with Gasteiger partial charge in [-0.2, -0.15) is 0 Å². The molecule has 0 fully saturated rings. The molecule has 0 aromatic heterocycles. The Kier molecular flexibility index (Phi) is 5.96. The summed E-state index contributed by atoms with van der Waals surface area (Å²) in [4.78, 5) is 22.7. The highest BCUT2D eigenvalue weighted by atomic mass is 19.1. The number of carboxylic acid groups (broad SMARTS) is 1. The Morgan fingerprint density at radius 1 is 1.35 bits per heavy atom. The first kappa shape index (κ1) is 15.9. The molecule has 0 saturated heterocycles. The van der Waals surface area contributed by atoms with Crippen molar-refractivity contribution in [2.75, 3.05) is 6.61 Å². The van der Waals surface area contributed by atoms with Gasteiger partial charge in [0.05, 0.1) is 0 Å². The number of carboxylic acids is 1. The fraction of sp³-hybridized carbons (Fsp3) is 0.429. The molecule has 1 aromatic carbocycles. The van der Waals surface area contributed by atoms with Gasteiger partial charge in [0.25, 0.3) is 5.91 Å². The van der Waals surface area contributed by atoms with E-state index in [9.17, 15) is 14.0 Å². The highest BCUT2D eigenvalue weighted by molar-refractivity contribution is 5.84. The molecule has 0 spiro atoms. The molecule has 0 saturated carbocycles. The van der Waals surface area contributed by atoms with Gasteiger partial charge in [-0.3, -0.25) is 4.79 Å². The van der Waals surface area contributed by atoms with E-state index in [1.165, 1.54) is 24.3 Å². The minimum absolute atomic E-state index is 0.178. The molecule has 0 radical (unpaired) electrons. The maximum Gasteiger partial charge on any atom is 0.326 e. The number of hydrogen-bond donors (Lipinski definition) is 2. The second kappa shape index (κ2) is 7.47. The first-order valence-corrected chi connectivity index (χ1v) is 6.34. The van der Waals surface area contributed by atoms with Crippen LogP contribution < -0.4 is 10.1 Å². The Bertz CT molecular complexity index is 461. The molecule has 110 valence electrons. The minimum atomic E-state index is -1.07. The van der Waals surface area contributed by atoms with Crippen LogP contribution in [0.4, 0.5) is 4.39 Å². The normalized spacial score (nSPS) is 13.3. The Hall–Kier alpha value is -2.11. The lowest BCUT2D eigenvalue weighted by atomic mass is 9.99. The van der Waals surface area contributed by atoms with Gasteiger partial charge in [-0.25, -0.2) is 9.18 Å². The summed E-state index contributed by atoms with van der Waals surface area (Å²) in [6.07, 6.45) is 0.635. The van der Waals surface area contributed by atoms with E-state index in [2.05, 4.69) is 5.32 Å². The quantitative estimate of drug-likeness (QED) is 0.800. The van der Waals surface area contributed by atoms with Gasteiger partial charge in [-0.1, -0.05) is 20.3 Å². The topological polar surface area (TPSA) is 75.6 Å². The van der Waals surface area contributed by atoms with E-state index in [1.54, 1.807) is 6.92 Å². The van der Waals surface area contributed by atoms with E-state index >= 15 is 0 Å². The van der Waals surface area contributed by atoms with Crippen LogP contribution in [0.2, 0.25) is 0 Å². The van der Waals surface area contributed by atoms with Crippen LogP contribution >= 0.6 is 0 Å². The summed E-state index contributed by atoms with van der Waals surface area (Å²) < 4.78 is 17.8. The van der Waals surface area contributed by atoms with Gasteiger partial charge in [-0.15, -0.1) is 0 Å². The number of halogens is 1. The third-order valence-corrected chi connectivity index (χ3v) is 2.98. The second-order valence-corrected chi connectivity index (χ2v) is 4.51. The Morgan fingerprint density at radius 3 is 2.45 bits per heavy atom. The molecule has 0 aliphatic rings. The smallest absolute Gasteiger partial charge is 0.326 e. The van der Waals surface area contributed by atoms with Crippen LogP contribution in [0.1, 0.15) is 20.3 Å². The van der Waals surface area contributed by atoms with E-state index < -0.39 is 23.7 Å². The van der Waals surface area contributed by atoms with Crippen molar-refractivity contribution in [2.24, 2.45) is 5.92 Å². The third kappa shape index (κ3) is 4.87. The number of benzene rings is 1. The molecule has 20 heavy (non-hydrogen) atoms. The molecular formula is C14H18FNO4. The summed E-state index contributed by atoms with van der Waals surface area (Å²) >= 11 is 0. The summed E-state index contributed by atoms with van der Waals surface area (Å²) in [7, 11) is 0. The van der Waals surface area contributed by atoms with Crippen molar-refractivity contribution in [3.8, 4) is 5.75 Å². The van der Waals surface area contributed by atoms with Gasteiger partial charge in [-0.05, 0) is 30.2 Å². The van der Waals surface area contributed by atoms with Crippen LogP contribution in [0.15, 0.2) is 24.3 Å². The average Bonchev–Trinajstić information content (AvgIpc) is 2.43. The average molecular weight is 283 g/mol. The number of amides is 1. The third-order valence-electron chi connectivity index (χ3n) is 2.98. The summed E-state index contributed by atoms with van der Waals surface area (Å²) in [5, 5.41) is 11.5. The van der Waals surface area contributed by atoms with Crippen molar-refractivity contribution >= 4 is 11.9 Å². The Labute approximate surface area is 116 Å². The lowest BCUT2D eigenvalue weighted by molar-refractivity contribution is -0.143. The monoisotopic (exact) mass is 283 g/mol. The van der Waals surface area contributed by atoms with Crippen LogP contribution in [-0.4, -0.2) is 29.6 Å². The van der Waals surface area contributed by atoms with Gasteiger partial charge in [0.1, 0.15) is 17.6 Å². The van der Waals surface area contributed by atoms with Gasteiger partial charge in [0.15, 0.2) is 6.61 Å². The van der Waals surface area contributed by atoms with Gasteiger partial charge in [0.2, 0.25) is 0 Å². The van der Waals surface area contributed by atoms with Crippen LogP contribution in [0, 0.1) is 11.7 Å². The van der Waals surface area contributed by atoms with Crippen LogP contribution in [0.5, 0.6) is 5.75 Å². The highest BCUT2D eigenvalue weighted by Gasteiger charge is 2.25. The van der Waals surface area contributed by atoms with Crippen molar-refractivity contribution in [2.45, 2.75) is 26.3 Å². The molecule has 6 heteroatoms. The second-order valence-electron chi connectivity index (χ2n) is 4.51. The lowest BCUT2D eigenvalue weighted by Gasteiger charge is -2.20. The number of aliphatic carboxylic acids is 1. The molecule has 1 rings (SSSR count). The standard InChI is InChI=1S/C14H18FNO4/c1-3-9(2)13(14(18)19)16-12(17)8-20-11-6-4-10(15)5-7-11/h4-7,9,13H,3,8H2,1-2H3,(H,16,17)(H,18,19). The first-order valence-electron chi connectivity index (χ1n) is 6.34. The van der Waals surface area contributed by atoms with Gasteiger partial charge in [0, 0.05) is 0 Å². The fourth-order valence-corrected chi connectivity index (χ4v) is 1.58. The van der Waals surface area contributed by atoms with Crippen molar-refractivity contribution in [3.63, 3.8) is 0 Å². The predicted molar refractivity (Wildman–Crippen MR) is 70.9 cm³/mol. The van der Waals surface area contributed by atoms with Crippen molar-refractivity contribution in [1.82, 2.24) is 5.32 Å². The molecule has 0 aliphatic carbocycles. The van der Waals surface area contributed by atoms with E-state index in [0.717, 1.165) is 0 Å². The maximum absolute atomic E-state index is 12.7. The predicted octanol–water partition coefficient (Wildman–Crippen LogP) is 1.82. The molecule has 2 atom stereocenters. The molecule has 1 aromatic rings. The molecule has 5 nitrogen and oxygen atoms in total. The summed E-state index contributed by atoms with van der Waals surface area (Å²) in [5.74, 6) is -1.83. The number of hydrogen-bond acceptors (Lipinski definition) is 3. The maximum atomic E-state index is 12.7. The van der Waals surface area contributed by atoms with Crippen LogP contribution in [0.3, 0.4) is 0 Å². The van der Waals surface area contributed by atoms with E-state index in [0.29, 0.717) is 12.2 Å². The first-order chi connectivity index (χ1) is 9.43. The van der Waals surface area contributed by atoms with E-state index in [1.807, 2.05) is 6.92 Å². The number of carbonyl (C=O) groups excluding carboxylic acids is 1. The zero-order valence-corrected chi connectivity index (χ0v) is 11.4. The van der Waals surface area contributed by atoms with Crippen molar-refractivity contribution in [3.05, 3.63) is 30.1 Å². The zero-order chi connectivity index (χ0) is 15.1. The molecule has 1 amide bonds. The highest BCUT2D eigenvalue weighted by Crippen LogP contribution is 2.11. The fourth-order valence-electron chi connectivity index (χ4n) is 1.58.